The van der Waals surface area contributed by atoms with Gasteiger partial charge in [-0.25, -0.2) is 4.79 Å². The Labute approximate surface area is 111 Å². The molecular formula is C16H26O2. The molecule has 0 aromatic rings. The molecule has 0 radical (unpaired) electrons. The zero-order chi connectivity index (χ0) is 13.4. The van der Waals surface area contributed by atoms with Crippen LogP contribution in [-0.4, -0.2) is 12.6 Å². The molecule has 0 aromatic heterocycles. The maximum Gasteiger partial charge on any atom is 0.333 e. The number of carbonyl (C=O) groups is 1. The molecule has 0 aliphatic heterocycles. The van der Waals surface area contributed by atoms with Crippen LogP contribution >= 0.6 is 0 Å². The summed E-state index contributed by atoms with van der Waals surface area (Å²) in [5.41, 5.74) is 0.829. The van der Waals surface area contributed by atoms with Gasteiger partial charge >= 0.3 is 5.97 Å². The van der Waals surface area contributed by atoms with E-state index in [1.165, 1.54) is 0 Å². The standard InChI is InChI=1S/C16H26O2/c1-4-6-10-14(5-2)16(17)18-12-15-11-8-7-9-13(15)3/h7-8,10,13,15H,4-6,9,11-12H2,1-3H3/b14-10-/t13-,15-/m0/s1. The van der Waals surface area contributed by atoms with E-state index in [-0.39, 0.29) is 5.97 Å². The number of hydrogen-bond acceptors (Lipinski definition) is 2. The molecule has 0 saturated heterocycles. The van der Waals surface area contributed by atoms with Crippen molar-refractivity contribution in [3.63, 3.8) is 0 Å². The minimum atomic E-state index is -0.118. The lowest BCUT2D eigenvalue weighted by molar-refractivity contribution is -0.141. The third-order valence-corrected chi connectivity index (χ3v) is 3.67. The Kier molecular flexibility index (Phi) is 6.77. The fraction of sp³-hybridized carbons (Fsp3) is 0.688. The van der Waals surface area contributed by atoms with Crippen LogP contribution in [0.15, 0.2) is 23.8 Å². The highest BCUT2D eigenvalue weighted by molar-refractivity contribution is 5.88. The summed E-state index contributed by atoms with van der Waals surface area (Å²) < 4.78 is 5.46. The Morgan fingerprint density at radius 1 is 1.33 bits per heavy atom. The van der Waals surface area contributed by atoms with Crippen LogP contribution in [-0.2, 0) is 9.53 Å². The highest BCUT2D eigenvalue weighted by Gasteiger charge is 2.20. The van der Waals surface area contributed by atoms with E-state index in [9.17, 15) is 4.79 Å². The van der Waals surface area contributed by atoms with E-state index in [0.29, 0.717) is 18.4 Å². The molecule has 2 nitrogen and oxygen atoms in total. The van der Waals surface area contributed by atoms with Gasteiger partial charge < -0.3 is 4.74 Å². The third-order valence-electron chi connectivity index (χ3n) is 3.67. The molecule has 0 N–H and O–H groups in total. The summed E-state index contributed by atoms with van der Waals surface area (Å²) in [6, 6.07) is 0. The van der Waals surface area contributed by atoms with E-state index in [1.54, 1.807) is 0 Å². The van der Waals surface area contributed by atoms with E-state index < -0.39 is 0 Å². The lowest BCUT2D eigenvalue weighted by Gasteiger charge is -2.24. The van der Waals surface area contributed by atoms with E-state index in [0.717, 1.165) is 37.7 Å². The van der Waals surface area contributed by atoms with Crippen molar-refractivity contribution in [2.75, 3.05) is 6.61 Å². The number of allylic oxidation sites excluding steroid dienone is 3. The lowest BCUT2D eigenvalue weighted by atomic mass is 9.85. The molecular weight excluding hydrogens is 224 g/mol. The lowest BCUT2D eigenvalue weighted by Crippen LogP contribution is -2.22. The highest BCUT2D eigenvalue weighted by atomic mass is 16.5. The van der Waals surface area contributed by atoms with Gasteiger partial charge in [0.1, 0.15) is 0 Å². The zero-order valence-electron chi connectivity index (χ0n) is 11.9. The van der Waals surface area contributed by atoms with Crippen LogP contribution in [0.1, 0.15) is 52.9 Å². The van der Waals surface area contributed by atoms with Crippen molar-refractivity contribution in [1.29, 1.82) is 0 Å². The Morgan fingerprint density at radius 2 is 2.06 bits per heavy atom. The molecule has 0 fully saturated rings. The van der Waals surface area contributed by atoms with E-state index in [2.05, 4.69) is 26.0 Å². The number of ether oxygens (including phenoxy) is 1. The van der Waals surface area contributed by atoms with Gasteiger partial charge in [0.05, 0.1) is 6.61 Å². The molecule has 0 aromatic carbocycles. The predicted molar refractivity (Wildman–Crippen MR) is 75.3 cm³/mol. The fourth-order valence-corrected chi connectivity index (χ4v) is 2.20. The van der Waals surface area contributed by atoms with Gasteiger partial charge in [0.2, 0.25) is 0 Å². The summed E-state index contributed by atoms with van der Waals surface area (Å²) in [5, 5.41) is 0. The number of hydrogen-bond donors (Lipinski definition) is 0. The van der Waals surface area contributed by atoms with Gasteiger partial charge in [-0.05, 0) is 37.5 Å². The Morgan fingerprint density at radius 3 is 2.67 bits per heavy atom. The highest BCUT2D eigenvalue weighted by Crippen LogP contribution is 2.25. The molecule has 0 bridgehead atoms. The normalized spacial score (nSPS) is 24.1. The Bertz CT molecular complexity index is 315. The molecule has 0 heterocycles. The molecule has 2 heteroatoms. The van der Waals surface area contributed by atoms with Gasteiger partial charge in [-0.15, -0.1) is 0 Å². The van der Waals surface area contributed by atoms with Crippen molar-refractivity contribution in [3.05, 3.63) is 23.8 Å². The topological polar surface area (TPSA) is 26.3 Å². The molecule has 1 aliphatic rings. The van der Waals surface area contributed by atoms with E-state index in [1.807, 2.05) is 13.0 Å². The van der Waals surface area contributed by atoms with Gasteiger partial charge in [0, 0.05) is 5.57 Å². The maximum atomic E-state index is 11.9. The van der Waals surface area contributed by atoms with Crippen molar-refractivity contribution >= 4 is 5.97 Å². The van der Waals surface area contributed by atoms with Gasteiger partial charge in [-0.3, -0.25) is 0 Å². The minimum absolute atomic E-state index is 0.118. The van der Waals surface area contributed by atoms with Crippen molar-refractivity contribution in [1.82, 2.24) is 0 Å². The van der Waals surface area contributed by atoms with Crippen LogP contribution in [0.2, 0.25) is 0 Å². The van der Waals surface area contributed by atoms with Crippen LogP contribution in [0, 0.1) is 11.8 Å². The molecule has 0 saturated carbocycles. The summed E-state index contributed by atoms with van der Waals surface area (Å²) in [6.45, 7) is 6.92. The zero-order valence-corrected chi connectivity index (χ0v) is 11.9. The SMILES string of the molecule is CCC/C=C(/CC)C(=O)OC[C@@H]1CC=CC[C@@H]1C. The molecule has 2 atom stereocenters. The van der Waals surface area contributed by atoms with Crippen LogP contribution in [0.5, 0.6) is 0 Å². The van der Waals surface area contributed by atoms with Gasteiger partial charge in [0.25, 0.3) is 0 Å². The van der Waals surface area contributed by atoms with Gasteiger partial charge in [-0.2, -0.15) is 0 Å². The average Bonchev–Trinajstić information content (AvgIpc) is 2.38. The molecule has 1 rings (SSSR count). The second-order valence-corrected chi connectivity index (χ2v) is 5.15. The van der Waals surface area contributed by atoms with Crippen LogP contribution in [0.4, 0.5) is 0 Å². The summed E-state index contributed by atoms with van der Waals surface area (Å²) >= 11 is 0. The monoisotopic (exact) mass is 250 g/mol. The molecule has 1 aliphatic carbocycles. The smallest absolute Gasteiger partial charge is 0.333 e. The second-order valence-electron chi connectivity index (χ2n) is 5.15. The first-order valence-electron chi connectivity index (χ1n) is 7.20. The second kappa shape index (κ2) is 8.12. The number of rotatable bonds is 6. The number of unbranched alkanes of at least 4 members (excludes halogenated alkanes) is 1. The first-order valence-corrected chi connectivity index (χ1v) is 7.20. The van der Waals surface area contributed by atoms with Crippen LogP contribution in [0.25, 0.3) is 0 Å². The Balaban J connectivity index is 2.42. The number of esters is 1. The molecule has 102 valence electrons. The van der Waals surface area contributed by atoms with Crippen molar-refractivity contribution < 1.29 is 9.53 Å². The van der Waals surface area contributed by atoms with Crippen molar-refractivity contribution in [3.8, 4) is 0 Å². The van der Waals surface area contributed by atoms with E-state index >= 15 is 0 Å². The minimum Gasteiger partial charge on any atom is -0.462 e. The first-order chi connectivity index (χ1) is 8.69. The van der Waals surface area contributed by atoms with Crippen molar-refractivity contribution in [2.24, 2.45) is 11.8 Å². The van der Waals surface area contributed by atoms with Crippen molar-refractivity contribution in [2.45, 2.75) is 52.9 Å². The van der Waals surface area contributed by atoms with E-state index in [4.69, 9.17) is 4.74 Å². The van der Waals surface area contributed by atoms with Crippen LogP contribution < -0.4 is 0 Å². The van der Waals surface area contributed by atoms with Crippen LogP contribution in [0.3, 0.4) is 0 Å². The molecule has 0 spiro atoms. The largest absolute Gasteiger partial charge is 0.462 e. The average molecular weight is 250 g/mol. The fourth-order valence-electron chi connectivity index (χ4n) is 2.20. The van der Waals surface area contributed by atoms with Gasteiger partial charge in [0.15, 0.2) is 0 Å². The molecule has 0 unspecified atom stereocenters. The van der Waals surface area contributed by atoms with Gasteiger partial charge in [-0.1, -0.05) is 45.4 Å². The molecule has 18 heavy (non-hydrogen) atoms. The predicted octanol–water partition coefficient (Wildman–Crippen LogP) is 4.27. The summed E-state index contributed by atoms with van der Waals surface area (Å²) in [6.07, 6.45) is 11.4. The summed E-state index contributed by atoms with van der Waals surface area (Å²) in [7, 11) is 0. The quantitative estimate of drug-likeness (QED) is 0.400. The number of carbonyl (C=O) groups excluding carboxylic acids is 1. The summed E-state index contributed by atoms with van der Waals surface area (Å²) in [5.74, 6) is 0.989. The maximum absolute atomic E-state index is 11.9. The summed E-state index contributed by atoms with van der Waals surface area (Å²) in [4.78, 5) is 11.9. The first kappa shape index (κ1) is 15.0. The molecule has 0 amide bonds. The Hall–Kier alpha value is -1.05. The third kappa shape index (κ3) is 4.67.